The van der Waals surface area contributed by atoms with Gasteiger partial charge in [0.15, 0.2) is 0 Å². The molecule has 4 nitrogen and oxygen atoms in total. The van der Waals surface area contributed by atoms with Crippen molar-refractivity contribution < 1.29 is 22.7 Å². The molecule has 0 atom stereocenters. The predicted molar refractivity (Wildman–Crippen MR) is 76.8 cm³/mol. The van der Waals surface area contributed by atoms with Crippen LogP contribution in [-0.2, 0) is 6.18 Å². The van der Waals surface area contributed by atoms with Crippen LogP contribution in [0.4, 0.5) is 24.5 Å². The number of carbonyl (C=O) groups is 1. The van der Waals surface area contributed by atoms with E-state index >= 15 is 0 Å². The minimum atomic E-state index is -4.55. The molecule has 2 aromatic rings. The van der Waals surface area contributed by atoms with Gasteiger partial charge in [0.25, 0.3) is 5.91 Å². The second kappa shape index (κ2) is 5.97. The maximum Gasteiger partial charge on any atom is 0.418 e. The molecule has 22 heavy (non-hydrogen) atoms. The second-order valence-electron chi connectivity index (χ2n) is 4.45. The largest absolute Gasteiger partial charge is 0.495 e. The number of anilines is 2. The first-order chi connectivity index (χ1) is 10.3. The Bertz CT molecular complexity index is 699. The standard InChI is InChI=1S/C15H13F3N2O2/c1-22-13-7-6-9(8-11(13)19)14(21)20-12-5-3-2-4-10(12)15(16,17)18/h2-8H,19H2,1H3,(H,20,21). The number of carbonyl (C=O) groups excluding carboxylic acids is 1. The van der Waals surface area contributed by atoms with Crippen LogP contribution in [0.3, 0.4) is 0 Å². The zero-order valence-corrected chi connectivity index (χ0v) is 11.6. The van der Waals surface area contributed by atoms with Gasteiger partial charge < -0.3 is 15.8 Å². The molecule has 0 unspecified atom stereocenters. The number of ether oxygens (including phenoxy) is 1. The molecule has 0 saturated heterocycles. The lowest BCUT2D eigenvalue weighted by molar-refractivity contribution is -0.136. The van der Waals surface area contributed by atoms with Gasteiger partial charge in [-0.25, -0.2) is 0 Å². The Hall–Kier alpha value is -2.70. The van der Waals surface area contributed by atoms with Gasteiger partial charge >= 0.3 is 6.18 Å². The normalized spacial score (nSPS) is 11.1. The number of rotatable bonds is 3. The molecule has 0 spiro atoms. The number of para-hydroxylation sites is 1. The first-order valence-electron chi connectivity index (χ1n) is 6.24. The molecule has 0 aliphatic heterocycles. The monoisotopic (exact) mass is 310 g/mol. The summed E-state index contributed by atoms with van der Waals surface area (Å²) in [6.45, 7) is 0. The molecule has 3 N–H and O–H groups in total. The highest BCUT2D eigenvalue weighted by Gasteiger charge is 2.33. The molecule has 0 fully saturated rings. The van der Waals surface area contributed by atoms with E-state index in [1.807, 2.05) is 0 Å². The van der Waals surface area contributed by atoms with Gasteiger partial charge in [-0.05, 0) is 30.3 Å². The summed E-state index contributed by atoms with van der Waals surface area (Å²) in [6.07, 6.45) is -4.55. The summed E-state index contributed by atoms with van der Waals surface area (Å²) >= 11 is 0. The minimum Gasteiger partial charge on any atom is -0.495 e. The van der Waals surface area contributed by atoms with E-state index in [2.05, 4.69) is 5.32 Å². The average Bonchev–Trinajstić information content (AvgIpc) is 2.46. The number of nitrogen functional groups attached to an aromatic ring is 1. The van der Waals surface area contributed by atoms with Crippen molar-refractivity contribution in [3.8, 4) is 5.75 Å². The molecule has 2 rings (SSSR count). The Morgan fingerprint density at radius 1 is 1.18 bits per heavy atom. The Balaban J connectivity index is 2.28. The van der Waals surface area contributed by atoms with E-state index in [9.17, 15) is 18.0 Å². The number of alkyl halides is 3. The number of nitrogens with two attached hydrogens (primary N) is 1. The molecule has 1 amide bonds. The summed E-state index contributed by atoms with van der Waals surface area (Å²) in [5, 5.41) is 2.24. The van der Waals surface area contributed by atoms with E-state index in [1.54, 1.807) is 0 Å². The second-order valence-corrected chi connectivity index (χ2v) is 4.45. The van der Waals surface area contributed by atoms with Gasteiger partial charge in [0.2, 0.25) is 0 Å². The first-order valence-corrected chi connectivity index (χ1v) is 6.24. The first kappa shape index (κ1) is 15.7. The van der Waals surface area contributed by atoms with E-state index in [1.165, 1.54) is 43.5 Å². The van der Waals surface area contributed by atoms with Gasteiger partial charge in [0, 0.05) is 5.56 Å². The van der Waals surface area contributed by atoms with Crippen molar-refractivity contribution in [1.82, 2.24) is 0 Å². The molecular formula is C15H13F3N2O2. The topological polar surface area (TPSA) is 64.3 Å². The van der Waals surface area contributed by atoms with Crippen molar-refractivity contribution in [2.24, 2.45) is 0 Å². The van der Waals surface area contributed by atoms with Crippen molar-refractivity contribution in [3.63, 3.8) is 0 Å². The molecule has 0 aliphatic rings. The van der Waals surface area contributed by atoms with E-state index in [0.717, 1.165) is 6.07 Å². The summed E-state index contributed by atoms with van der Waals surface area (Å²) < 4.78 is 43.6. The van der Waals surface area contributed by atoms with E-state index < -0.39 is 17.6 Å². The molecule has 0 radical (unpaired) electrons. The van der Waals surface area contributed by atoms with Gasteiger partial charge in [-0.2, -0.15) is 13.2 Å². The van der Waals surface area contributed by atoms with Crippen molar-refractivity contribution in [2.75, 3.05) is 18.2 Å². The summed E-state index contributed by atoms with van der Waals surface area (Å²) in [6, 6.07) is 8.98. The number of amides is 1. The van der Waals surface area contributed by atoms with Crippen LogP contribution in [0.15, 0.2) is 42.5 Å². The lowest BCUT2D eigenvalue weighted by Crippen LogP contribution is -2.16. The molecule has 0 aliphatic carbocycles. The predicted octanol–water partition coefficient (Wildman–Crippen LogP) is 3.55. The number of methoxy groups -OCH3 is 1. The Kier molecular flexibility index (Phi) is 4.25. The number of benzene rings is 2. The van der Waals surface area contributed by atoms with Crippen molar-refractivity contribution >= 4 is 17.3 Å². The average molecular weight is 310 g/mol. The number of halogens is 3. The summed E-state index contributed by atoms with van der Waals surface area (Å²) in [7, 11) is 1.42. The molecule has 0 aromatic heterocycles. The smallest absolute Gasteiger partial charge is 0.418 e. The third-order valence-electron chi connectivity index (χ3n) is 2.97. The van der Waals surface area contributed by atoms with Crippen LogP contribution in [0.1, 0.15) is 15.9 Å². The van der Waals surface area contributed by atoms with Crippen LogP contribution in [-0.4, -0.2) is 13.0 Å². The van der Waals surface area contributed by atoms with E-state index in [4.69, 9.17) is 10.5 Å². The molecule has 0 saturated carbocycles. The fourth-order valence-electron chi connectivity index (χ4n) is 1.91. The number of hydrogen-bond acceptors (Lipinski definition) is 3. The molecule has 116 valence electrons. The van der Waals surface area contributed by atoms with Crippen LogP contribution in [0, 0.1) is 0 Å². The van der Waals surface area contributed by atoms with Gasteiger partial charge in [-0.3, -0.25) is 4.79 Å². The summed E-state index contributed by atoms with van der Waals surface area (Å²) in [4.78, 5) is 12.1. The van der Waals surface area contributed by atoms with Crippen LogP contribution in [0.25, 0.3) is 0 Å². The molecular weight excluding hydrogens is 297 g/mol. The van der Waals surface area contributed by atoms with Crippen molar-refractivity contribution in [3.05, 3.63) is 53.6 Å². The highest BCUT2D eigenvalue weighted by Crippen LogP contribution is 2.34. The fraction of sp³-hybridized carbons (Fsp3) is 0.133. The summed E-state index contributed by atoms with van der Waals surface area (Å²) in [5.74, 6) is -0.307. The maximum atomic E-state index is 12.9. The minimum absolute atomic E-state index is 0.135. The van der Waals surface area contributed by atoms with Crippen molar-refractivity contribution in [1.29, 1.82) is 0 Å². The van der Waals surface area contributed by atoms with Gasteiger partial charge in [-0.15, -0.1) is 0 Å². The quantitative estimate of drug-likeness (QED) is 0.852. The Morgan fingerprint density at radius 3 is 2.45 bits per heavy atom. The summed E-state index contributed by atoms with van der Waals surface area (Å²) in [5.41, 5.74) is 4.81. The Labute approximate surface area is 124 Å². The van der Waals surface area contributed by atoms with Gasteiger partial charge in [0.1, 0.15) is 5.75 Å². The van der Waals surface area contributed by atoms with Crippen molar-refractivity contribution in [2.45, 2.75) is 6.18 Å². The zero-order valence-electron chi connectivity index (χ0n) is 11.6. The third-order valence-corrected chi connectivity index (χ3v) is 2.97. The molecule has 0 heterocycles. The highest BCUT2D eigenvalue weighted by atomic mass is 19.4. The van der Waals surface area contributed by atoms with Crippen LogP contribution < -0.4 is 15.8 Å². The SMILES string of the molecule is COc1ccc(C(=O)Nc2ccccc2C(F)(F)F)cc1N. The highest BCUT2D eigenvalue weighted by molar-refractivity contribution is 6.05. The zero-order chi connectivity index (χ0) is 16.3. The maximum absolute atomic E-state index is 12.9. The molecule has 2 aromatic carbocycles. The van der Waals surface area contributed by atoms with Crippen LogP contribution >= 0.6 is 0 Å². The fourth-order valence-corrected chi connectivity index (χ4v) is 1.91. The number of hydrogen-bond donors (Lipinski definition) is 2. The van der Waals surface area contributed by atoms with Gasteiger partial charge in [0.05, 0.1) is 24.0 Å². The Morgan fingerprint density at radius 2 is 1.86 bits per heavy atom. The third kappa shape index (κ3) is 3.30. The van der Waals surface area contributed by atoms with Crippen LogP contribution in [0.5, 0.6) is 5.75 Å². The lowest BCUT2D eigenvalue weighted by Gasteiger charge is -2.14. The lowest BCUT2D eigenvalue weighted by atomic mass is 10.1. The van der Waals surface area contributed by atoms with Gasteiger partial charge in [-0.1, -0.05) is 12.1 Å². The van der Waals surface area contributed by atoms with E-state index in [0.29, 0.717) is 5.75 Å². The van der Waals surface area contributed by atoms with E-state index in [-0.39, 0.29) is 16.9 Å². The molecule has 7 heteroatoms. The molecule has 0 bridgehead atoms. The van der Waals surface area contributed by atoms with Crippen LogP contribution in [0.2, 0.25) is 0 Å². The number of nitrogens with one attached hydrogen (secondary N) is 1.